The molecule has 198 valence electrons. The Labute approximate surface area is 219 Å². The lowest BCUT2D eigenvalue weighted by molar-refractivity contribution is -0.137. The van der Waals surface area contributed by atoms with Gasteiger partial charge in [-0.1, -0.05) is 18.2 Å². The van der Waals surface area contributed by atoms with E-state index < -0.39 is 29.5 Å². The number of carboxylic acid groups (broad SMARTS) is 1. The van der Waals surface area contributed by atoms with Crippen molar-refractivity contribution in [3.8, 4) is 11.5 Å². The maximum atomic E-state index is 13.7. The standard InChI is InChI=1S/C27H31FN2O6S/c28-19-5-2-7-21(17-19)36-20-6-1-4-18(16-20)27(35)11-12-29-26(27)25(34)22-9-10-23(31)30(22)13-15-37-14-3-8-24(32)33/h1-2,4-7,16-17,22,26,29,35H,3,8-15H2,(H,32,33)/t22-,26?,27?/m0/s1. The summed E-state index contributed by atoms with van der Waals surface area (Å²) in [5, 5.41) is 23.6. The third-order valence-electron chi connectivity index (χ3n) is 6.79. The Hall–Kier alpha value is -2.95. The van der Waals surface area contributed by atoms with E-state index in [2.05, 4.69) is 5.32 Å². The first-order valence-electron chi connectivity index (χ1n) is 12.4. The van der Waals surface area contributed by atoms with Crippen molar-refractivity contribution in [3.63, 3.8) is 0 Å². The van der Waals surface area contributed by atoms with E-state index in [1.165, 1.54) is 12.1 Å². The highest BCUT2D eigenvalue weighted by Gasteiger charge is 2.50. The van der Waals surface area contributed by atoms with E-state index in [-0.39, 0.29) is 24.5 Å². The average molecular weight is 531 g/mol. The highest BCUT2D eigenvalue weighted by Crippen LogP contribution is 2.37. The third kappa shape index (κ3) is 6.49. The fraction of sp³-hybridized carbons (Fsp3) is 0.444. The number of Topliss-reactive ketones (excluding diaryl/α,β-unsaturated/α-hetero) is 1. The summed E-state index contributed by atoms with van der Waals surface area (Å²) in [5.41, 5.74) is -0.976. The van der Waals surface area contributed by atoms with Crippen LogP contribution in [0.1, 0.15) is 37.7 Å². The predicted octanol–water partition coefficient (Wildman–Crippen LogP) is 3.33. The van der Waals surface area contributed by atoms with Crippen molar-refractivity contribution in [2.75, 3.05) is 24.6 Å². The van der Waals surface area contributed by atoms with E-state index in [0.717, 1.165) is 0 Å². The summed E-state index contributed by atoms with van der Waals surface area (Å²) in [5.74, 6) is 0.446. The normalized spacial score (nSPS) is 23.4. The number of amides is 1. The van der Waals surface area contributed by atoms with Crippen LogP contribution in [-0.2, 0) is 20.0 Å². The fourth-order valence-electron chi connectivity index (χ4n) is 4.96. The number of carbonyl (C=O) groups excluding carboxylic acids is 2. The first-order chi connectivity index (χ1) is 17.8. The van der Waals surface area contributed by atoms with Gasteiger partial charge in [-0.2, -0.15) is 11.8 Å². The number of likely N-dealkylation sites (tertiary alicyclic amines) is 1. The molecular formula is C27H31FN2O6S. The smallest absolute Gasteiger partial charge is 0.303 e. The number of halogens is 1. The molecule has 0 spiro atoms. The first kappa shape index (κ1) is 27.1. The summed E-state index contributed by atoms with van der Waals surface area (Å²) < 4.78 is 19.3. The van der Waals surface area contributed by atoms with Crippen LogP contribution in [0, 0.1) is 5.82 Å². The van der Waals surface area contributed by atoms with Crippen molar-refractivity contribution < 1.29 is 33.7 Å². The number of aliphatic carboxylic acids is 1. The summed E-state index contributed by atoms with van der Waals surface area (Å²) in [4.78, 5) is 38.4. The number of benzene rings is 2. The number of hydrogen-bond acceptors (Lipinski definition) is 7. The van der Waals surface area contributed by atoms with Crippen LogP contribution in [0.15, 0.2) is 48.5 Å². The number of nitrogens with one attached hydrogen (secondary N) is 1. The molecule has 2 aromatic carbocycles. The minimum absolute atomic E-state index is 0.0866. The van der Waals surface area contributed by atoms with Gasteiger partial charge in [0.25, 0.3) is 0 Å². The van der Waals surface area contributed by atoms with Gasteiger partial charge in [-0.25, -0.2) is 4.39 Å². The van der Waals surface area contributed by atoms with Crippen LogP contribution >= 0.6 is 11.8 Å². The molecule has 0 bridgehead atoms. The zero-order valence-electron chi connectivity index (χ0n) is 20.4. The molecule has 2 aliphatic rings. The van der Waals surface area contributed by atoms with Crippen LogP contribution in [-0.4, -0.2) is 69.5 Å². The minimum Gasteiger partial charge on any atom is -0.481 e. The second-order valence-electron chi connectivity index (χ2n) is 9.30. The molecule has 2 fully saturated rings. The topological polar surface area (TPSA) is 116 Å². The number of carboxylic acids is 1. The fourth-order valence-corrected chi connectivity index (χ4v) is 5.83. The lowest BCUT2D eigenvalue weighted by Crippen LogP contribution is -2.53. The monoisotopic (exact) mass is 530 g/mol. The maximum absolute atomic E-state index is 13.7. The van der Waals surface area contributed by atoms with E-state index >= 15 is 0 Å². The Balaban J connectivity index is 1.43. The number of nitrogens with zero attached hydrogens (tertiary/aromatic N) is 1. The number of hydrogen-bond donors (Lipinski definition) is 3. The van der Waals surface area contributed by atoms with Crippen molar-refractivity contribution in [2.24, 2.45) is 0 Å². The van der Waals surface area contributed by atoms with Crippen molar-refractivity contribution >= 4 is 29.4 Å². The van der Waals surface area contributed by atoms with E-state index in [9.17, 15) is 23.9 Å². The summed E-state index contributed by atoms with van der Waals surface area (Å²) >= 11 is 1.56. The van der Waals surface area contributed by atoms with Crippen LogP contribution < -0.4 is 10.1 Å². The molecular weight excluding hydrogens is 499 g/mol. The maximum Gasteiger partial charge on any atom is 0.303 e. The Morgan fingerprint density at radius 1 is 1.16 bits per heavy atom. The highest BCUT2D eigenvalue weighted by molar-refractivity contribution is 7.99. The molecule has 2 saturated heterocycles. The van der Waals surface area contributed by atoms with Crippen LogP contribution in [0.25, 0.3) is 0 Å². The lowest BCUT2D eigenvalue weighted by Gasteiger charge is -2.33. The van der Waals surface area contributed by atoms with Crippen LogP contribution in [0.2, 0.25) is 0 Å². The van der Waals surface area contributed by atoms with Crippen molar-refractivity contribution in [1.29, 1.82) is 0 Å². The van der Waals surface area contributed by atoms with Crippen molar-refractivity contribution in [3.05, 3.63) is 59.9 Å². The predicted molar refractivity (Wildman–Crippen MR) is 137 cm³/mol. The first-order valence-corrected chi connectivity index (χ1v) is 13.6. The van der Waals surface area contributed by atoms with E-state index in [0.29, 0.717) is 60.9 Å². The molecule has 4 rings (SSSR count). The molecule has 2 aromatic rings. The van der Waals surface area contributed by atoms with Gasteiger partial charge in [0.2, 0.25) is 5.91 Å². The molecule has 2 aliphatic heterocycles. The summed E-state index contributed by atoms with van der Waals surface area (Å²) in [6.45, 7) is 0.830. The Morgan fingerprint density at radius 3 is 2.68 bits per heavy atom. The van der Waals surface area contributed by atoms with Crippen LogP contribution in [0.5, 0.6) is 11.5 Å². The Bertz CT molecular complexity index is 1150. The molecule has 0 aliphatic carbocycles. The largest absolute Gasteiger partial charge is 0.481 e. The van der Waals surface area contributed by atoms with Gasteiger partial charge in [0.15, 0.2) is 5.78 Å². The minimum atomic E-state index is -1.48. The van der Waals surface area contributed by atoms with Gasteiger partial charge in [-0.15, -0.1) is 0 Å². The second-order valence-corrected chi connectivity index (χ2v) is 10.5. The number of thioether (sulfide) groups is 1. The zero-order chi connectivity index (χ0) is 26.4. The quantitative estimate of drug-likeness (QED) is 0.358. The Morgan fingerprint density at radius 2 is 1.92 bits per heavy atom. The third-order valence-corrected chi connectivity index (χ3v) is 7.84. The molecule has 1 amide bonds. The lowest BCUT2D eigenvalue weighted by atomic mass is 9.82. The van der Waals surface area contributed by atoms with Crippen molar-refractivity contribution in [2.45, 2.75) is 49.8 Å². The summed E-state index contributed by atoms with van der Waals surface area (Å²) in [7, 11) is 0. The van der Waals surface area contributed by atoms with Crippen LogP contribution in [0.3, 0.4) is 0 Å². The molecule has 0 saturated carbocycles. The van der Waals surface area contributed by atoms with E-state index in [1.807, 2.05) is 0 Å². The highest BCUT2D eigenvalue weighted by atomic mass is 32.2. The van der Waals surface area contributed by atoms with Gasteiger partial charge in [0, 0.05) is 31.2 Å². The number of rotatable bonds is 12. The molecule has 0 aromatic heterocycles. The van der Waals surface area contributed by atoms with E-state index in [1.54, 1.807) is 53.1 Å². The van der Waals surface area contributed by atoms with Gasteiger partial charge in [0.1, 0.15) is 29.0 Å². The molecule has 3 N–H and O–H groups in total. The van der Waals surface area contributed by atoms with Gasteiger partial charge >= 0.3 is 5.97 Å². The number of ketones is 1. The molecule has 0 radical (unpaired) electrons. The number of carbonyl (C=O) groups is 3. The number of aliphatic hydroxyl groups is 1. The molecule has 37 heavy (non-hydrogen) atoms. The van der Waals surface area contributed by atoms with Gasteiger partial charge in [-0.3, -0.25) is 14.4 Å². The average Bonchev–Trinajstić information content (AvgIpc) is 3.44. The molecule has 3 atom stereocenters. The zero-order valence-corrected chi connectivity index (χ0v) is 21.2. The van der Waals surface area contributed by atoms with Gasteiger partial charge in [0.05, 0.1) is 6.04 Å². The van der Waals surface area contributed by atoms with Gasteiger partial charge < -0.3 is 25.2 Å². The molecule has 10 heteroatoms. The van der Waals surface area contributed by atoms with Gasteiger partial charge in [-0.05, 0) is 61.4 Å². The van der Waals surface area contributed by atoms with E-state index in [4.69, 9.17) is 9.84 Å². The molecule has 8 nitrogen and oxygen atoms in total. The molecule has 2 heterocycles. The summed E-state index contributed by atoms with van der Waals surface area (Å²) in [6, 6.07) is 11.0. The summed E-state index contributed by atoms with van der Waals surface area (Å²) in [6.07, 6.45) is 1.65. The van der Waals surface area contributed by atoms with Crippen LogP contribution in [0.4, 0.5) is 4.39 Å². The SMILES string of the molecule is O=C(O)CCCSCCN1C(=O)CC[C@H]1C(=O)C1NCCC1(O)c1cccc(Oc2cccc(F)c2)c1. The Kier molecular flexibility index (Phi) is 8.83. The van der Waals surface area contributed by atoms with Crippen molar-refractivity contribution in [1.82, 2.24) is 10.2 Å². The molecule has 2 unspecified atom stereocenters. The number of ether oxygens (including phenoxy) is 1. The second kappa shape index (κ2) is 12.1.